The van der Waals surface area contributed by atoms with Gasteiger partial charge in [0.15, 0.2) is 11.5 Å². The van der Waals surface area contributed by atoms with Crippen LogP contribution in [-0.2, 0) is 0 Å². The number of halogens is 1. The van der Waals surface area contributed by atoms with E-state index in [0.717, 1.165) is 21.7 Å². The van der Waals surface area contributed by atoms with Crippen LogP contribution in [0.5, 0.6) is 11.5 Å². The van der Waals surface area contributed by atoms with Gasteiger partial charge in [-0.2, -0.15) is 0 Å². The molecule has 2 aromatic carbocycles. The number of hydrogen-bond acceptors (Lipinski definition) is 2. The molecule has 0 amide bonds. The molecule has 2 nitrogen and oxygen atoms in total. The first-order valence-corrected chi connectivity index (χ1v) is 5.63. The summed E-state index contributed by atoms with van der Waals surface area (Å²) in [5.74, 6) is 0.608. The Morgan fingerprint density at radius 3 is 2.29 bits per heavy atom. The van der Waals surface area contributed by atoms with Crippen LogP contribution in [0.3, 0.4) is 0 Å². The number of hydrogen-bond donors (Lipinski definition) is 1. The van der Waals surface area contributed by atoms with Gasteiger partial charge in [-0.15, -0.1) is 0 Å². The highest BCUT2D eigenvalue weighted by Crippen LogP contribution is 2.32. The van der Waals surface area contributed by atoms with Crippen molar-refractivity contribution in [2.45, 2.75) is 6.92 Å². The second-order valence-electron chi connectivity index (χ2n) is 3.85. The molecule has 0 aromatic heterocycles. The fraction of sp³-hybridized carbons (Fsp3) is 0.143. The molecule has 17 heavy (non-hydrogen) atoms. The minimum atomic E-state index is 0.137. The van der Waals surface area contributed by atoms with Gasteiger partial charge < -0.3 is 9.84 Å². The topological polar surface area (TPSA) is 29.5 Å². The van der Waals surface area contributed by atoms with E-state index in [9.17, 15) is 5.11 Å². The third kappa shape index (κ3) is 2.37. The maximum absolute atomic E-state index is 9.73. The minimum absolute atomic E-state index is 0.137. The van der Waals surface area contributed by atoms with E-state index in [1.54, 1.807) is 12.1 Å². The number of methoxy groups -OCH3 is 1. The summed E-state index contributed by atoms with van der Waals surface area (Å²) in [5.41, 5.74) is 2.97. The Morgan fingerprint density at radius 1 is 1.06 bits per heavy atom. The van der Waals surface area contributed by atoms with Gasteiger partial charge in [-0.3, -0.25) is 0 Å². The van der Waals surface area contributed by atoms with E-state index in [1.165, 1.54) is 7.11 Å². The molecule has 0 saturated heterocycles. The van der Waals surface area contributed by atoms with Gasteiger partial charge in [0.25, 0.3) is 0 Å². The first kappa shape index (κ1) is 11.8. The average Bonchev–Trinajstić information content (AvgIpc) is 2.32. The Balaban J connectivity index is 2.46. The summed E-state index contributed by atoms with van der Waals surface area (Å²) in [6.45, 7) is 1.95. The van der Waals surface area contributed by atoms with E-state index >= 15 is 0 Å². The van der Waals surface area contributed by atoms with Gasteiger partial charge in [0, 0.05) is 5.02 Å². The first-order valence-electron chi connectivity index (χ1n) is 5.25. The second kappa shape index (κ2) is 4.68. The summed E-state index contributed by atoms with van der Waals surface area (Å²) in [5, 5.41) is 10.5. The van der Waals surface area contributed by atoms with Gasteiger partial charge in [0.05, 0.1) is 7.11 Å². The van der Waals surface area contributed by atoms with Gasteiger partial charge in [-0.05, 0) is 47.9 Å². The number of aromatic hydroxyl groups is 1. The van der Waals surface area contributed by atoms with Crippen molar-refractivity contribution in [2.75, 3.05) is 7.11 Å². The smallest absolute Gasteiger partial charge is 0.160 e. The van der Waals surface area contributed by atoms with Gasteiger partial charge in [-0.1, -0.05) is 23.7 Å². The molecule has 0 atom stereocenters. The number of phenols is 1. The predicted molar refractivity (Wildman–Crippen MR) is 69.8 cm³/mol. The van der Waals surface area contributed by atoms with Crippen molar-refractivity contribution < 1.29 is 9.84 Å². The average molecular weight is 249 g/mol. The molecule has 0 unspecified atom stereocenters. The van der Waals surface area contributed by atoms with E-state index in [2.05, 4.69) is 0 Å². The van der Waals surface area contributed by atoms with E-state index in [-0.39, 0.29) is 5.75 Å². The van der Waals surface area contributed by atoms with Crippen molar-refractivity contribution in [3.63, 3.8) is 0 Å². The molecule has 0 spiro atoms. The van der Waals surface area contributed by atoms with Crippen LogP contribution < -0.4 is 4.74 Å². The lowest BCUT2D eigenvalue weighted by Crippen LogP contribution is -1.85. The van der Waals surface area contributed by atoms with Crippen LogP contribution >= 0.6 is 11.6 Å². The zero-order valence-corrected chi connectivity index (χ0v) is 10.5. The summed E-state index contributed by atoms with van der Waals surface area (Å²) in [6.07, 6.45) is 0. The van der Waals surface area contributed by atoms with Crippen molar-refractivity contribution in [2.24, 2.45) is 0 Å². The standard InChI is InChI=1S/C14H13ClO2/c1-9-7-10(3-5-12(9)15)11-4-6-14(17-2)13(16)8-11/h3-8,16H,1-2H3. The molecule has 0 heterocycles. The van der Waals surface area contributed by atoms with E-state index in [0.29, 0.717) is 5.75 Å². The molecule has 0 bridgehead atoms. The fourth-order valence-corrected chi connectivity index (χ4v) is 1.81. The number of ether oxygens (including phenoxy) is 1. The normalized spacial score (nSPS) is 10.3. The van der Waals surface area contributed by atoms with Gasteiger partial charge in [-0.25, -0.2) is 0 Å². The van der Waals surface area contributed by atoms with Crippen LogP contribution in [0.4, 0.5) is 0 Å². The molecule has 88 valence electrons. The second-order valence-corrected chi connectivity index (χ2v) is 4.26. The summed E-state index contributed by atoms with van der Waals surface area (Å²) >= 11 is 5.98. The number of aryl methyl sites for hydroxylation is 1. The number of benzene rings is 2. The van der Waals surface area contributed by atoms with E-state index in [4.69, 9.17) is 16.3 Å². The third-order valence-corrected chi connectivity index (χ3v) is 3.09. The van der Waals surface area contributed by atoms with Gasteiger partial charge in [0.2, 0.25) is 0 Å². The molecular weight excluding hydrogens is 236 g/mol. The molecule has 2 aromatic rings. The maximum atomic E-state index is 9.73. The van der Waals surface area contributed by atoms with Crippen LogP contribution in [0.25, 0.3) is 11.1 Å². The molecule has 0 aliphatic rings. The van der Waals surface area contributed by atoms with Crippen molar-refractivity contribution >= 4 is 11.6 Å². The third-order valence-electron chi connectivity index (χ3n) is 2.67. The number of rotatable bonds is 2. The molecule has 0 saturated carbocycles. The Hall–Kier alpha value is -1.67. The Bertz CT molecular complexity index is 550. The van der Waals surface area contributed by atoms with Crippen LogP contribution in [0, 0.1) is 6.92 Å². The van der Waals surface area contributed by atoms with Crippen LogP contribution in [0.1, 0.15) is 5.56 Å². The fourth-order valence-electron chi connectivity index (χ4n) is 1.69. The van der Waals surface area contributed by atoms with Crippen molar-refractivity contribution in [3.05, 3.63) is 47.0 Å². The Labute approximate surface area is 105 Å². The highest BCUT2D eigenvalue weighted by molar-refractivity contribution is 6.31. The summed E-state index contributed by atoms with van der Waals surface area (Å²) in [4.78, 5) is 0. The lowest BCUT2D eigenvalue weighted by atomic mass is 10.0. The molecule has 1 N–H and O–H groups in total. The largest absolute Gasteiger partial charge is 0.504 e. The quantitative estimate of drug-likeness (QED) is 0.870. The van der Waals surface area contributed by atoms with Crippen LogP contribution in [-0.4, -0.2) is 12.2 Å². The molecule has 3 heteroatoms. The highest BCUT2D eigenvalue weighted by atomic mass is 35.5. The van der Waals surface area contributed by atoms with E-state index in [1.807, 2.05) is 31.2 Å². The lowest BCUT2D eigenvalue weighted by molar-refractivity contribution is 0.373. The van der Waals surface area contributed by atoms with Crippen molar-refractivity contribution in [3.8, 4) is 22.6 Å². The molecule has 0 aliphatic heterocycles. The Morgan fingerprint density at radius 2 is 1.71 bits per heavy atom. The molecular formula is C14H13ClO2. The predicted octanol–water partition coefficient (Wildman–Crippen LogP) is 4.03. The summed E-state index contributed by atoms with van der Waals surface area (Å²) < 4.78 is 5.01. The zero-order chi connectivity index (χ0) is 12.4. The van der Waals surface area contributed by atoms with Crippen molar-refractivity contribution in [1.82, 2.24) is 0 Å². The molecule has 0 radical (unpaired) electrons. The lowest BCUT2D eigenvalue weighted by Gasteiger charge is -2.07. The molecule has 2 rings (SSSR count). The number of phenolic OH excluding ortho intramolecular Hbond substituents is 1. The van der Waals surface area contributed by atoms with Crippen LogP contribution in [0.2, 0.25) is 5.02 Å². The summed E-state index contributed by atoms with van der Waals surface area (Å²) in [6, 6.07) is 11.1. The monoisotopic (exact) mass is 248 g/mol. The summed E-state index contributed by atoms with van der Waals surface area (Å²) in [7, 11) is 1.53. The molecule has 0 fully saturated rings. The highest BCUT2D eigenvalue weighted by Gasteiger charge is 2.05. The molecule has 0 aliphatic carbocycles. The first-order chi connectivity index (χ1) is 8.11. The minimum Gasteiger partial charge on any atom is -0.504 e. The Kier molecular flexibility index (Phi) is 3.25. The SMILES string of the molecule is COc1ccc(-c2ccc(Cl)c(C)c2)cc1O. The van der Waals surface area contributed by atoms with Gasteiger partial charge >= 0.3 is 0 Å². The van der Waals surface area contributed by atoms with E-state index < -0.39 is 0 Å². The van der Waals surface area contributed by atoms with Gasteiger partial charge in [0.1, 0.15) is 0 Å². The van der Waals surface area contributed by atoms with Crippen LogP contribution in [0.15, 0.2) is 36.4 Å². The zero-order valence-electron chi connectivity index (χ0n) is 9.70. The maximum Gasteiger partial charge on any atom is 0.160 e. The van der Waals surface area contributed by atoms with Crippen molar-refractivity contribution in [1.29, 1.82) is 0 Å².